The third kappa shape index (κ3) is 3.93. The Balaban J connectivity index is 1.36. The molecule has 150 valence electrons. The van der Waals surface area contributed by atoms with E-state index in [-0.39, 0.29) is 24.7 Å². The van der Waals surface area contributed by atoms with Crippen molar-refractivity contribution in [1.82, 2.24) is 9.97 Å². The van der Waals surface area contributed by atoms with E-state index in [0.29, 0.717) is 29.4 Å². The largest absolute Gasteiger partial charge is 0.457 e. The second kappa shape index (κ2) is 8.16. The number of thiazole rings is 1. The monoisotopic (exact) mass is 411 g/mol. The van der Waals surface area contributed by atoms with E-state index in [2.05, 4.69) is 16.9 Å². The summed E-state index contributed by atoms with van der Waals surface area (Å²) in [6.07, 6.45) is 3.86. The van der Waals surface area contributed by atoms with Gasteiger partial charge >= 0.3 is 5.97 Å². The molecule has 0 radical (unpaired) electrons. The number of nitrogens with zero attached hydrogens (tertiary/aromatic N) is 2. The summed E-state index contributed by atoms with van der Waals surface area (Å²) in [6, 6.07) is 5.82. The number of carbonyl (C=O) groups is 3. The van der Waals surface area contributed by atoms with E-state index in [4.69, 9.17) is 4.74 Å². The minimum atomic E-state index is -0.517. The molecule has 3 heterocycles. The minimum Gasteiger partial charge on any atom is -0.457 e. The Morgan fingerprint density at radius 2 is 2.21 bits per heavy atom. The van der Waals surface area contributed by atoms with Crippen molar-refractivity contribution in [2.75, 3.05) is 18.1 Å². The lowest BCUT2D eigenvalue weighted by atomic mass is 10.1. The van der Waals surface area contributed by atoms with Gasteiger partial charge in [0.25, 0.3) is 0 Å². The number of hydrogen-bond acceptors (Lipinski definition) is 6. The Bertz CT molecular complexity index is 1080. The van der Waals surface area contributed by atoms with Crippen LogP contribution in [0, 0.1) is 0 Å². The van der Waals surface area contributed by atoms with Crippen molar-refractivity contribution in [2.45, 2.75) is 32.6 Å². The molecule has 0 saturated carbocycles. The summed E-state index contributed by atoms with van der Waals surface area (Å²) in [5.41, 5.74) is 3.14. The zero-order chi connectivity index (χ0) is 20.4. The van der Waals surface area contributed by atoms with Gasteiger partial charge in [-0.1, -0.05) is 25.1 Å². The minimum absolute atomic E-state index is 0.0281. The Hall–Kier alpha value is -3.00. The van der Waals surface area contributed by atoms with Gasteiger partial charge in [-0.3, -0.25) is 19.3 Å². The maximum Gasteiger partial charge on any atom is 0.312 e. The van der Waals surface area contributed by atoms with E-state index >= 15 is 0 Å². The zero-order valence-electron chi connectivity index (χ0n) is 16.1. The van der Waals surface area contributed by atoms with Crippen molar-refractivity contribution < 1.29 is 19.1 Å². The number of anilines is 1. The molecule has 1 aliphatic heterocycles. The third-order valence-corrected chi connectivity index (χ3v) is 5.93. The van der Waals surface area contributed by atoms with E-state index in [0.717, 1.165) is 29.3 Å². The predicted octanol–water partition coefficient (Wildman–Crippen LogP) is 3.28. The number of esters is 1. The number of nitrogens with one attached hydrogen (secondary N) is 1. The molecule has 0 spiro atoms. The lowest BCUT2D eigenvalue weighted by Gasteiger charge is -2.10. The van der Waals surface area contributed by atoms with Crippen LogP contribution in [0.5, 0.6) is 0 Å². The number of ketones is 1. The molecule has 2 aromatic heterocycles. The molecule has 4 rings (SSSR count). The summed E-state index contributed by atoms with van der Waals surface area (Å²) in [5, 5.41) is 3.19. The van der Waals surface area contributed by atoms with Gasteiger partial charge in [-0.25, -0.2) is 4.98 Å². The zero-order valence-corrected chi connectivity index (χ0v) is 16.9. The van der Waals surface area contributed by atoms with Crippen molar-refractivity contribution in [3.8, 4) is 0 Å². The number of fused-ring (bicyclic) bond motifs is 1. The van der Waals surface area contributed by atoms with Crippen LogP contribution in [0.4, 0.5) is 5.13 Å². The van der Waals surface area contributed by atoms with Crippen LogP contribution in [0.1, 0.15) is 41.4 Å². The molecule has 0 unspecified atom stereocenters. The molecule has 0 bridgehead atoms. The first kappa shape index (κ1) is 19.3. The summed E-state index contributed by atoms with van der Waals surface area (Å²) in [4.78, 5) is 45.6. The van der Waals surface area contributed by atoms with E-state index in [1.807, 2.05) is 18.2 Å². The molecule has 1 N–H and O–H groups in total. The van der Waals surface area contributed by atoms with Crippen molar-refractivity contribution in [3.05, 3.63) is 46.6 Å². The van der Waals surface area contributed by atoms with E-state index < -0.39 is 5.97 Å². The van der Waals surface area contributed by atoms with Crippen LogP contribution < -0.4 is 4.90 Å². The Kier molecular flexibility index (Phi) is 5.44. The standard InChI is InChI=1S/C21H21N3O4S/c1-2-13-5-3-6-15-16(10-22-20(13)15)17(25)11-28-19(27)9-14-12-29-21(23-14)24-8-4-7-18(24)26/h3,5-6,10,12,22H,2,4,7-9,11H2,1H3. The number of H-pyrrole nitrogens is 1. The molecule has 8 heteroatoms. The molecule has 1 fully saturated rings. The molecular weight excluding hydrogens is 390 g/mol. The van der Waals surface area contributed by atoms with Crippen molar-refractivity contribution >= 4 is 45.0 Å². The van der Waals surface area contributed by atoms with Crippen LogP contribution >= 0.6 is 11.3 Å². The molecule has 1 saturated heterocycles. The van der Waals surface area contributed by atoms with Gasteiger partial charge in [0, 0.05) is 41.0 Å². The number of para-hydroxylation sites is 1. The Morgan fingerprint density at radius 1 is 1.34 bits per heavy atom. The number of hydrogen-bond donors (Lipinski definition) is 1. The molecule has 3 aromatic rings. The molecule has 0 aliphatic carbocycles. The van der Waals surface area contributed by atoms with Crippen LogP contribution in [0.15, 0.2) is 29.8 Å². The van der Waals surface area contributed by atoms with Crippen LogP contribution in [0.2, 0.25) is 0 Å². The number of amides is 1. The predicted molar refractivity (Wildman–Crippen MR) is 110 cm³/mol. The number of aryl methyl sites for hydroxylation is 1. The van der Waals surface area contributed by atoms with E-state index in [1.165, 1.54) is 11.3 Å². The van der Waals surface area contributed by atoms with Gasteiger partial charge < -0.3 is 9.72 Å². The highest BCUT2D eigenvalue weighted by molar-refractivity contribution is 7.14. The lowest BCUT2D eigenvalue weighted by Crippen LogP contribution is -2.23. The van der Waals surface area contributed by atoms with Gasteiger partial charge in [0.05, 0.1) is 12.1 Å². The summed E-state index contributed by atoms with van der Waals surface area (Å²) < 4.78 is 5.17. The normalized spacial score (nSPS) is 14.0. The number of ether oxygens (including phenoxy) is 1. The average molecular weight is 411 g/mol. The van der Waals surface area contributed by atoms with Crippen LogP contribution in [0.25, 0.3) is 10.9 Å². The summed E-state index contributed by atoms with van der Waals surface area (Å²) in [7, 11) is 0. The van der Waals surface area contributed by atoms with Gasteiger partial charge in [-0.05, 0) is 18.4 Å². The first-order valence-electron chi connectivity index (χ1n) is 9.59. The Labute approximate surface area is 171 Å². The van der Waals surface area contributed by atoms with Crippen molar-refractivity contribution in [2.24, 2.45) is 0 Å². The second-order valence-electron chi connectivity index (χ2n) is 6.93. The molecule has 7 nitrogen and oxygen atoms in total. The van der Waals surface area contributed by atoms with Crippen molar-refractivity contribution in [1.29, 1.82) is 0 Å². The molecule has 0 atom stereocenters. The first-order valence-corrected chi connectivity index (χ1v) is 10.5. The SMILES string of the molecule is CCc1cccc2c(C(=O)COC(=O)Cc3csc(N4CCCC4=O)n3)c[nH]c12. The highest BCUT2D eigenvalue weighted by atomic mass is 32.1. The molecule has 1 aliphatic rings. The quantitative estimate of drug-likeness (QED) is 0.476. The van der Waals surface area contributed by atoms with Gasteiger partial charge in [0.2, 0.25) is 11.7 Å². The van der Waals surface area contributed by atoms with Gasteiger partial charge in [0.1, 0.15) is 0 Å². The second-order valence-corrected chi connectivity index (χ2v) is 7.76. The molecule has 1 amide bonds. The van der Waals surface area contributed by atoms with Gasteiger partial charge in [-0.15, -0.1) is 11.3 Å². The highest BCUT2D eigenvalue weighted by Crippen LogP contribution is 2.26. The third-order valence-electron chi connectivity index (χ3n) is 5.02. The van der Waals surface area contributed by atoms with Crippen molar-refractivity contribution in [3.63, 3.8) is 0 Å². The fourth-order valence-corrected chi connectivity index (χ4v) is 4.38. The fourth-order valence-electron chi connectivity index (χ4n) is 3.52. The highest BCUT2D eigenvalue weighted by Gasteiger charge is 2.24. The molecule has 1 aromatic carbocycles. The maximum absolute atomic E-state index is 12.5. The Morgan fingerprint density at radius 3 is 2.97 bits per heavy atom. The van der Waals surface area contributed by atoms with Gasteiger partial charge in [-0.2, -0.15) is 0 Å². The molecular formula is C21H21N3O4S. The summed E-state index contributed by atoms with van der Waals surface area (Å²) >= 11 is 1.33. The smallest absolute Gasteiger partial charge is 0.312 e. The fraction of sp³-hybridized carbons (Fsp3) is 0.333. The number of benzene rings is 1. The van der Waals surface area contributed by atoms with E-state index in [9.17, 15) is 14.4 Å². The topological polar surface area (TPSA) is 92.4 Å². The number of aromatic nitrogens is 2. The van der Waals surface area contributed by atoms with Gasteiger partial charge in [0.15, 0.2) is 11.7 Å². The average Bonchev–Trinajstić information content (AvgIpc) is 3.45. The van der Waals surface area contributed by atoms with E-state index in [1.54, 1.807) is 16.5 Å². The number of carbonyl (C=O) groups excluding carboxylic acids is 3. The first-order chi connectivity index (χ1) is 14.1. The molecule has 29 heavy (non-hydrogen) atoms. The van der Waals surface area contributed by atoms with Crippen LogP contribution in [0.3, 0.4) is 0 Å². The number of aromatic amines is 1. The van der Waals surface area contributed by atoms with Crippen LogP contribution in [-0.4, -0.2) is 40.8 Å². The lowest BCUT2D eigenvalue weighted by molar-refractivity contribution is -0.141. The summed E-state index contributed by atoms with van der Waals surface area (Å²) in [6.45, 7) is 2.40. The number of Topliss-reactive ketones (excluding diaryl/α,β-unsaturated/α-hetero) is 1. The maximum atomic E-state index is 12.5. The summed E-state index contributed by atoms with van der Waals surface area (Å²) in [5.74, 6) is -0.708. The number of rotatable bonds is 7. The van der Waals surface area contributed by atoms with Crippen LogP contribution in [-0.2, 0) is 27.2 Å².